The number of nitrogens with zero attached hydrogens (tertiary/aromatic N) is 3. The van der Waals surface area contributed by atoms with Gasteiger partial charge in [0.15, 0.2) is 0 Å². The van der Waals surface area contributed by atoms with Crippen molar-refractivity contribution >= 4 is 5.71 Å². The smallest absolute Gasteiger partial charge is 0.248 e. The number of pyridine rings is 1. The lowest BCUT2D eigenvalue weighted by molar-refractivity contribution is -0.586. The fraction of sp³-hybridized carbons (Fsp3) is 0.500. The average molecular weight is 234 g/mol. The average Bonchev–Trinajstić information content (AvgIpc) is 2.39. The largest absolute Gasteiger partial charge is 0.622 e. The maximum Gasteiger partial charge on any atom is 0.248 e. The first-order valence-corrected chi connectivity index (χ1v) is 5.53. The van der Waals surface area contributed by atoms with Crippen LogP contribution < -0.4 is 0 Å². The van der Waals surface area contributed by atoms with Crippen molar-refractivity contribution in [3.63, 3.8) is 0 Å². The molecule has 0 amide bonds. The van der Waals surface area contributed by atoms with Gasteiger partial charge in [-0.15, -0.1) is 5.21 Å². The second-order valence-corrected chi connectivity index (χ2v) is 5.21. The molecule has 0 unspecified atom stereocenters. The van der Waals surface area contributed by atoms with E-state index < -0.39 is 11.2 Å². The third kappa shape index (κ3) is 1.54. The highest BCUT2D eigenvalue weighted by Gasteiger charge is 2.58. The molecule has 2 heterocycles. The molecule has 0 saturated heterocycles. The lowest BCUT2D eigenvalue weighted by atomic mass is 9.96. The fourth-order valence-corrected chi connectivity index (χ4v) is 2.31. The third-order valence-corrected chi connectivity index (χ3v) is 3.19. The summed E-state index contributed by atoms with van der Waals surface area (Å²) in [5, 5.41) is 25.3. The predicted octanol–water partition coefficient (Wildman–Crippen LogP) is 1.56. The van der Waals surface area contributed by atoms with Crippen LogP contribution in [0.25, 0.3) is 0 Å². The zero-order chi connectivity index (χ0) is 12.8. The van der Waals surface area contributed by atoms with Gasteiger partial charge in [-0.05, 0) is 26.0 Å². The Balaban J connectivity index is 2.63. The second kappa shape index (κ2) is 3.51. The van der Waals surface area contributed by atoms with Gasteiger partial charge < -0.3 is 5.21 Å². The Morgan fingerprint density at radius 2 is 1.94 bits per heavy atom. The van der Waals surface area contributed by atoms with Gasteiger partial charge in [0, 0.05) is 20.0 Å². The molecule has 1 aliphatic heterocycles. The van der Waals surface area contributed by atoms with Crippen molar-refractivity contribution in [2.45, 2.75) is 38.9 Å². The summed E-state index contributed by atoms with van der Waals surface area (Å²) in [4.78, 5) is 4.16. The van der Waals surface area contributed by atoms with Crippen LogP contribution in [0.5, 0.6) is 0 Å². The van der Waals surface area contributed by atoms with E-state index >= 15 is 0 Å². The molecule has 2 rings (SSSR count). The molecule has 0 bridgehead atoms. The highest BCUT2D eigenvalue weighted by molar-refractivity contribution is 6.02. The molecule has 0 atom stereocenters. The Labute approximate surface area is 101 Å². The van der Waals surface area contributed by atoms with Crippen LogP contribution in [0.1, 0.15) is 33.4 Å². The van der Waals surface area contributed by atoms with Crippen LogP contribution >= 0.6 is 0 Å². The van der Waals surface area contributed by atoms with Crippen LogP contribution in [-0.2, 0) is 5.21 Å². The minimum absolute atomic E-state index is 0.415. The number of rotatable bonds is 1. The molecule has 0 aliphatic carbocycles. The highest BCUT2D eigenvalue weighted by atomic mass is 16.6. The molecule has 0 saturated carbocycles. The van der Waals surface area contributed by atoms with E-state index in [9.17, 15) is 10.4 Å². The van der Waals surface area contributed by atoms with Gasteiger partial charge >= 0.3 is 0 Å². The minimum Gasteiger partial charge on any atom is -0.622 e. The molecule has 1 aromatic rings. The van der Waals surface area contributed by atoms with Gasteiger partial charge in [-0.3, -0.25) is 4.98 Å². The number of hydrogen-bond acceptors (Lipinski definition) is 3. The van der Waals surface area contributed by atoms with Crippen LogP contribution in [0.15, 0.2) is 24.4 Å². The molecule has 5 heteroatoms. The predicted molar refractivity (Wildman–Crippen MR) is 62.7 cm³/mol. The summed E-state index contributed by atoms with van der Waals surface area (Å²) >= 11 is 0. The maximum absolute atomic E-state index is 12.3. The molecular formula is C12H16N3O2. The van der Waals surface area contributed by atoms with Gasteiger partial charge in [-0.25, -0.2) is 0 Å². The molecular weight excluding hydrogens is 218 g/mol. The zero-order valence-electron chi connectivity index (χ0n) is 10.5. The number of hydrogen-bond donors (Lipinski definition) is 0. The van der Waals surface area contributed by atoms with E-state index in [4.69, 9.17) is 0 Å². The molecule has 0 aromatic carbocycles. The van der Waals surface area contributed by atoms with Crippen LogP contribution in [0.4, 0.5) is 0 Å². The molecule has 0 N–H and O–H groups in total. The normalized spacial score (nSPS) is 23.1. The summed E-state index contributed by atoms with van der Waals surface area (Å²) in [6.07, 6.45) is 1.62. The summed E-state index contributed by atoms with van der Waals surface area (Å²) < 4.78 is 0.766. The van der Waals surface area contributed by atoms with Gasteiger partial charge in [0.2, 0.25) is 11.4 Å². The van der Waals surface area contributed by atoms with Crippen molar-refractivity contribution in [1.29, 1.82) is 0 Å². The maximum atomic E-state index is 12.3. The van der Waals surface area contributed by atoms with Crippen molar-refractivity contribution in [3.8, 4) is 0 Å². The quantitative estimate of drug-likeness (QED) is 0.547. The van der Waals surface area contributed by atoms with Gasteiger partial charge in [0.05, 0.1) is 0 Å². The Morgan fingerprint density at radius 3 is 2.35 bits per heavy atom. The summed E-state index contributed by atoms with van der Waals surface area (Å²) in [6.45, 7) is 6.71. The van der Waals surface area contributed by atoms with Crippen molar-refractivity contribution in [2.75, 3.05) is 0 Å². The van der Waals surface area contributed by atoms with E-state index in [0.717, 1.165) is 9.80 Å². The molecule has 1 aliphatic rings. The van der Waals surface area contributed by atoms with Gasteiger partial charge in [0.25, 0.3) is 0 Å². The molecule has 0 spiro atoms. The molecule has 1 aromatic heterocycles. The number of hydroxylamine groups is 3. The van der Waals surface area contributed by atoms with Crippen LogP contribution in [0.3, 0.4) is 0 Å². The first-order chi connectivity index (χ1) is 7.79. The second-order valence-electron chi connectivity index (χ2n) is 5.21. The minimum atomic E-state index is -1.10. The molecule has 5 nitrogen and oxygen atoms in total. The van der Waals surface area contributed by atoms with Crippen molar-refractivity contribution < 1.29 is 9.95 Å². The first-order valence-electron chi connectivity index (χ1n) is 5.53. The SMILES string of the molecule is CC1(C)C(c2ccccn2)=[N+]([O-])C(C)(C)N1[O]. The Kier molecular flexibility index (Phi) is 2.48. The van der Waals surface area contributed by atoms with E-state index in [0.29, 0.717) is 11.4 Å². The standard InChI is InChI=1S/C12H16N3O2/c1-11(2)10(9-7-5-6-8-13-9)14(16)12(3,4)15(11)17/h5-8H,1-4H3. The van der Waals surface area contributed by atoms with Crippen LogP contribution in [0.2, 0.25) is 0 Å². The van der Waals surface area contributed by atoms with E-state index in [-0.39, 0.29) is 0 Å². The summed E-state index contributed by atoms with van der Waals surface area (Å²) in [5.74, 6) is 0. The van der Waals surface area contributed by atoms with Crippen LogP contribution in [0, 0.1) is 5.21 Å². The Hall–Kier alpha value is -1.46. The topological polar surface area (TPSA) is 62.1 Å². The molecule has 1 radical (unpaired) electrons. The third-order valence-electron chi connectivity index (χ3n) is 3.19. The number of aromatic nitrogens is 1. The molecule has 17 heavy (non-hydrogen) atoms. The lowest BCUT2D eigenvalue weighted by Crippen LogP contribution is -2.50. The Bertz CT molecular complexity index is 466. The first kappa shape index (κ1) is 12.0. The summed E-state index contributed by atoms with van der Waals surface area (Å²) in [6, 6.07) is 5.33. The van der Waals surface area contributed by atoms with Crippen molar-refractivity contribution in [1.82, 2.24) is 10.0 Å². The van der Waals surface area contributed by atoms with Crippen LogP contribution in [-0.4, -0.2) is 31.7 Å². The molecule has 0 fully saturated rings. The summed E-state index contributed by atoms with van der Waals surface area (Å²) in [7, 11) is 0. The van der Waals surface area contributed by atoms with E-state index in [1.807, 2.05) is 0 Å². The fourth-order valence-electron chi connectivity index (χ4n) is 2.31. The zero-order valence-corrected chi connectivity index (χ0v) is 10.5. The van der Waals surface area contributed by atoms with E-state index in [1.54, 1.807) is 52.1 Å². The van der Waals surface area contributed by atoms with Crippen molar-refractivity contribution in [2.24, 2.45) is 0 Å². The summed E-state index contributed by atoms with van der Waals surface area (Å²) in [5.41, 5.74) is -1.01. The van der Waals surface area contributed by atoms with Gasteiger partial charge in [-0.2, -0.15) is 4.74 Å². The van der Waals surface area contributed by atoms with E-state index in [1.165, 1.54) is 0 Å². The monoisotopic (exact) mass is 234 g/mol. The highest BCUT2D eigenvalue weighted by Crippen LogP contribution is 2.34. The Morgan fingerprint density at radius 1 is 1.29 bits per heavy atom. The lowest BCUT2D eigenvalue weighted by Gasteiger charge is -2.27. The van der Waals surface area contributed by atoms with Gasteiger partial charge in [-0.1, -0.05) is 11.1 Å². The van der Waals surface area contributed by atoms with Gasteiger partial charge in [0.1, 0.15) is 11.2 Å². The molecule has 91 valence electrons. The van der Waals surface area contributed by atoms with Crippen molar-refractivity contribution in [3.05, 3.63) is 35.3 Å². The van der Waals surface area contributed by atoms with E-state index in [2.05, 4.69) is 4.98 Å².